The molecular weight excluding hydrogens is 386 g/mol. The predicted molar refractivity (Wildman–Crippen MR) is 111 cm³/mol. The molecule has 0 aliphatic rings. The fraction of sp³-hybridized carbons (Fsp3) is 0.318. The summed E-state index contributed by atoms with van der Waals surface area (Å²) in [6.45, 7) is 5.36. The van der Waals surface area contributed by atoms with Crippen molar-refractivity contribution in [2.45, 2.75) is 26.7 Å². The Morgan fingerprint density at radius 2 is 1.67 bits per heavy atom. The van der Waals surface area contributed by atoms with Gasteiger partial charge in [0, 0.05) is 25.5 Å². The normalized spacial score (nSPS) is 10.9. The fourth-order valence-corrected chi connectivity index (χ4v) is 2.67. The molecule has 2 heterocycles. The zero-order chi connectivity index (χ0) is 21.2. The van der Waals surface area contributed by atoms with Crippen molar-refractivity contribution in [3.05, 3.63) is 77.0 Å². The van der Waals surface area contributed by atoms with E-state index in [0.29, 0.717) is 31.3 Å². The SMILES string of the molecule is CCOC(COc1ncc(-n2ccc(OCc3ccccc3)cc2=O)cn1)OCC. The molecule has 0 atom stereocenters. The Balaban J connectivity index is 1.61. The molecule has 158 valence electrons. The van der Waals surface area contributed by atoms with Gasteiger partial charge in [-0.2, -0.15) is 0 Å². The van der Waals surface area contributed by atoms with Crippen LogP contribution in [0.5, 0.6) is 11.8 Å². The quantitative estimate of drug-likeness (QED) is 0.449. The molecule has 0 radical (unpaired) electrons. The Morgan fingerprint density at radius 1 is 0.967 bits per heavy atom. The summed E-state index contributed by atoms with van der Waals surface area (Å²) in [5.41, 5.74) is 1.31. The van der Waals surface area contributed by atoms with Crippen LogP contribution in [0.4, 0.5) is 0 Å². The van der Waals surface area contributed by atoms with Gasteiger partial charge in [-0.05, 0) is 25.5 Å². The van der Waals surface area contributed by atoms with Gasteiger partial charge in [-0.15, -0.1) is 0 Å². The molecule has 3 aromatic rings. The van der Waals surface area contributed by atoms with Crippen molar-refractivity contribution >= 4 is 0 Å². The van der Waals surface area contributed by atoms with E-state index < -0.39 is 6.29 Å². The second-order valence-corrected chi connectivity index (χ2v) is 6.22. The Hall–Kier alpha value is -3.23. The first-order valence-electron chi connectivity index (χ1n) is 9.77. The van der Waals surface area contributed by atoms with Crippen LogP contribution in [-0.4, -0.2) is 40.6 Å². The molecule has 2 aromatic heterocycles. The molecule has 0 bridgehead atoms. The van der Waals surface area contributed by atoms with Gasteiger partial charge in [0.25, 0.3) is 5.56 Å². The van der Waals surface area contributed by atoms with E-state index in [9.17, 15) is 4.79 Å². The standard InChI is InChI=1S/C22H25N3O5/c1-3-27-21(28-4-2)16-30-22-23-13-18(14-24-22)25-11-10-19(12-20(25)26)29-15-17-8-6-5-7-9-17/h5-14,21H,3-4,15-16H2,1-2H3. The van der Waals surface area contributed by atoms with E-state index in [2.05, 4.69) is 9.97 Å². The summed E-state index contributed by atoms with van der Waals surface area (Å²) < 4.78 is 23.5. The van der Waals surface area contributed by atoms with E-state index in [-0.39, 0.29) is 18.2 Å². The van der Waals surface area contributed by atoms with Crippen LogP contribution in [0.3, 0.4) is 0 Å². The Labute approximate surface area is 175 Å². The Kier molecular flexibility index (Phi) is 7.94. The van der Waals surface area contributed by atoms with E-state index in [4.69, 9.17) is 18.9 Å². The van der Waals surface area contributed by atoms with Gasteiger partial charge < -0.3 is 18.9 Å². The van der Waals surface area contributed by atoms with Crippen molar-refractivity contribution in [2.75, 3.05) is 19.8 Å². The number of rotatable bonds is 11. The zero-order valence-corrected chi connectivity index (χ0v) is 17.1. The van der Waals surface area contributed by atoms with Crippen molar-refractivity contribution in [3.63, 3.8) is 0 Å². The maximum atomic E-state index is 12.5. The number of aromatic nitrogens is 3. The number of ether oxygens (including phenoxy) is 4. The van der Waals surface area contributed by atoms with Gasteiger partial charge in [0.1, 0.15) is 19.0 Å². The number of hydrogen-bond acceptors (Lipinski definition) is 7. The van der Waals surface area contributed by atoms with Crippen LogP contribution in [-0.2, 0) is 16.1 Å². The molecule has 8 heteroatoms. The highest BCUT2D eigenvalue weighted by molar-refractivity contribution is 5.30. The van der Waals surface area contributed by atoms with Gasteiger partial charge >= 0.3 is 6.01 Å². The lowest BCUT2D eigenvalue weighted by Crippen LogP contribution is -2.25. The van der Waals surface area contributed by atoms with Gasteiger partial charge in [0.2, 0.25) is 0 Å². The lowest BCUT2D eigenvalue weighted by Gasteiger charge is -2.16. The molecule has 0 aliphatic heterocycles. The van der Waals surface area contributed by atoms with Gasteiger partial charge in [-0.3, -0.25) is 9.36 Å². The molecule has 0 N–H and O–H groups in total. The average molecular weight is 411 g/mol. The van der Waals surface area contributed by atoms with Crippen LogP contribution in [0.15, 0.2) is 65.8 Å². The van der Waals surface area contributed by atoms with E-state index in [0.717, 1.165) is 5.56 Å². The van der Waals surface area contributed by atoms with Crippen LogP contribution < -0.4 is 15.0 Å². The van der Waals surface area contributed by atoms with Crippen molar-refractivity contribution < 1.29 is 18.9 Å². The first kappa shape index (κ1) is 21.5. The summed E-state index contributed by atoms with van der Waals surface area (Å²) >= 11 is 0. The van der Waals surface area contributed by atoms with Crippen molar-refractivity contribution in [3.8, 4) is 17.4 Å². The monoisotopic (exact) mass is 411 g/mol. The summed E-state index contributed by atoms with van der Waals surface area (Å²) in [6, 6.07) is 13.1. The maximum absolute atomic E-state index is 12.5. The number of benzene rings is 1. The van der Waals surface area contributed by atoms with Crippen molar-refractivity contribution in [1.29, 1.82) is 0 Å². The minimum atomic E-state index is -0.477. The maximum Gasteiger partial charge on any atom is 0.316 e. The van der Waals surface area contributed by atoms with Crippen LogP contribution in [0.25, 0.3) is 5.69 Å². The van der Waals surface area contributed by atoms with E-state index >= 15 is 0 Å². The van der Waals surface area contributed by atoms with Gasteiger partial charge in [0.15, 0.2) is 6.29 Å². The number of pyridine rings is 1. The van der Waals surface area contributed by atoms with Crippen molar-refractivity contribution in [2.24, 2.45) is 0 Å². The molecule has 0 fully saturated rings. The first-order chi connectivity index (χ1) is 14.7. The third-order valence-corrected chi connectivity index (χ3v) is 4.09. The summed E-state index contributed by atoms with van der Waals surface area (Å²) in [5.74, 6) is 0.499. The Morgan fingerprint density at radius 3 is 2.30 bits per heavy atom. The largest absolute Gasteiger partial charge is 0.489 e. The van der Waals surface area contributed by atoms with E-state index in [1.807, 2.05) is 44.2 Å². The Bertz CT molecular complexity index is 955. The molecule has 8 nitrogen and oxygen atoms in total. The average Bonchev–Trinajstić information content (AvgIpc) is 2.78. The molecule has 1 aromatic carbocycles. The first-order valence-corrected chi connectivity index (χ1v) is 9.77. The second-order valence-electron chi connectivity index (χ2n) is 6.22. The molecular formula is C22H25N3O5. The van der Waals surface area contributed by atoms with E-state index in [1.54, 1.807) is 12.3 Å². The second kappa shape index (κ2) is 11.1. The highest BCUT2D eigenvalue weighted by Gasteiger charge is 2.10. The molecule has 0 saturated carbocycles. The third kappa shape index (κ3) is 6.13. The minimum Gasteiger partial charge on any atom is -0.489 e. The molecule has 30 heavy (non-hydrogen) atoms. The zero-order valence-electron chi connectivity index (χ0n) is 17.1. The van der Waals surface area contributed by atoms with Gasteiger partial charge in [0.05, 0.1) is 18.1 Å². The lowest BCUT2D eigenvalue weighted by molar-refractivity contribution is -0.153. The fourth-order valence-electron chi connectivity index (χ4n) is 2.67. The molecule has 0 unspecified atom stereocenters. The minimum absolute atomic E-state index is 0.175. The highest BCUT2D eigenvalue weighted by atomic mass is 16.7. The smallest absolute Gasteiger partial charge is 0.316 e. The summed E-state index contributed by atoms with van der Waals surface area (Å²) in [5, 5.41) is 0. The molecule has 0 saturated heterocycles. The number of hydrogen-bond donors (Lipinski definition) is 0. The van der Waals surface area contributed by atoms with E-state index in [1.165, 1.54) is 23.0 Å². The third-order valence-electron chi connectivity index (χ3n) is 4.09. The predicted octanol–water partition coefficient (Wildman–Crippen LogP) is 2.98. The van der Waals surface area contributed by atoms with Crippen LogP contribution >= 0.6 is 0 Å². The summed E-state index contributed by atoms with van der Waals surface area (Å²) in [4.78, 5) is 20.8. The number of nitrogens with zero attached hydrogens (tertiary/aromatic N) is 3. The summed E-state index contributed by atoms with van der Waals surface area (Å²) in [7, 11) is 0. The molecule has 3 rings (SSSR count). The van der Waals surface area contributed by atoms with Crippen LogP contribution in [0.2, 0.25) is 0 Å². The van der Waals surface area contributed by atoms with Crippen LogP contribution in [0, 0.1) is 0 Å². The topological polar surface area (TPSA) is 84.7 Å². The molecule has 0 spiro atoms. The van der Waals surface area contributed by atoms with Gasteiger partial charge in [-0.25, -0.2) is 9.97 Å². The van der Waals surface area contributed by atoms with Gasteiger partial charge in [-0.1, -0.05) is 30.3 Å². The molecule has 0 aliphatic carbocycles. The highest BCUT2D eigenvalue weighted by Crippen LogP contribution is 2.12. The molecule has 0 amide bonds. The summed E-state index contributed by atoms with van der Waals surface area (Å²) in [6.07, 6.45) is 4.19. The van der Waals surface area contributed by atoms with Crippen molar-refractivity contribution in [1.82, 2.24) is 14.5 Å². The lowest BCUT2D eigenvalue weighted by atomic mass is 10.2. The van der Waals surface area contributed by atoms with Crippen LogP contribution in [0.1, 0.15) is 19.4 Å².